The van der Waals surface area contributed by atoms with E-state index in [0.29, 0.717) is 25.9 Å². The molecular weight excluding hydrogens is 705 g/mol. The van der Waals surface area contributed by atoms with Crippen LogP contribution in [0.5, 0.6) is 0 Å². The summed E-state index contributed by atoms with van der Waals surface area (Å²) in [6.07, 6.45) is 53.0. The van der Waals surface area contributed by atoms with Gasteiger partial charge in [0.25, 0.3) is 0 Å². The number of ether oxygens (including phenoxy) is 1. The van der Waals surface area contributed by atoms with Gasteiger partial charge in [-0.05, 0) is 25.7 Å². The van der Waals surface area contributed by atoms with Gasteiger partial charge in [0, 0.05) is 12.8 Å². The molecule has 0 aliphatic rings. The molecule has 340 valence electrons. The minimum atomic E-state index is -0.918. The molecule has 1 N–H and O–H groups in total. The van der Waals surface area contributed by atoms with Crippen molar-refractivity contribution in [3.05, 3.63) is 0 Å². The topological polar surface area (TPSA) is 80.7 Å². The Hall–Kier alpha value is -1.39. The Morgan fingerprint density at radius 3 is 0.930 bits per heavy atom. The van der Waals surface area contributed by atoms with Crippen molar-refractivity contribution in [1.82, 2.24) is 0 Å². The maximum Gasteiger partial charge on any atom is 0.314 e. The van der Waals surface area contributed by atoms with Crippen LogP contribution >= 0.6 is 0 Å². The van der Waals surface area contributed by atoms with E-state index in [2.05, 4.69) is 27.7 Å². The maximum atomic E-state index is 12.2. The second-order valence-electron chi connectivity index (χ2n) is 17.6. The van der Waals surface area contributed by atoms with Crippen LogP contribution in [0.15, 0.2) is 0 Å². The maximum absolute atomic E-state index is 12.2. The SMILES string of the molecule is CCCCCCCCCCCCCCCCC(C(=O)O)C(=O)CCCCCCC.CCCCCCCCCCCCCCCCCC(=O)OCCCCCCCC. The number of rotatable bonds is 46. The zero-order valence-corrected chi connectivity index (χ0v) is 39.3. The van der Waals surface area contributed by atoms with Crippen LogP contribution < -0.4 is 0 Å². The third-order valence-electron chi connectivity index (χ3n) is 11.8. The van der Waals surface area contributed by atoms with Gasteiger partial charge in [0.15, 0.2) is 0 Å². The van der Waals surface area contributed by atoms with E-state index in [0.717, 1.165) is 44.9 Å². The average molecular weight is 807 g/mol. The summed E-state index contributed by atoms with van der Waals surface area (Å²) in [6.45, 7) is 9.58. The Morgan fingerprint density at radius 1 is 0.351 bits per heavy atom. The number of carbonyl (C=O) groups is 3. The van der Waals surface area contributed by atoms with Crippen molar-refractivity contribution in [1.29, 1.82) is 0 Å². The minimum absolute atomic E-state index is 0.0169. The summed E-state index contributed by atoms with van der Waals surface area (Å²) in [5.74, 6) is -1.72. The number of hydrogen-bond donors (Lipinski definition) is 1. The van der Waals surface area contributed by atoms with E-state index >= 15 is 0 Å². The Kier molecular flexibility index (Phi) is 51.4. The van der Waals surface area contributed by atoms with E-state index < -0.39 is 11.9 Å². The first-order chi connectivity index (χ1) is 27.9. The number of Topliss-reactive ketones (excluding diaryl/α,β-unsaturated/α-hetero) is 1. The largest absolute Gasteiger partial charge is 0.481 e. The van der Waals surface area contributed by atoms with Gasteiger partial charge in [-0.25, -0.2) is 0 Å². The Bertz CT molecular complexity index is 810. The van der Waals surface area contributed by atoms with Gasteiger partial charge in [-0.15, -0.1) is 0 Å². The lowest BCUT2D eigenvalue weighted by atomic mass is 9.93. The summed E-state index contributed by atoms with van der Waals surface area (Å²) in [4.78, 5) is 35.3. The van der Waals surface area contributed by atoms with Crippen LogP contribution in [0.1, 0.15) is 304 Å². The van der Waals surface area contributed by atoms with Crippen molar-refractivity contribution in [2.75, 3.05) is 6.61 Å². The van der Waals surface area contributed by atoms with E-state index in [1.54, 1.807) is 0 Å². The van der Waals surface area contributed by atoms with E-state index in [1.807, 2.05) is 0 Å². The van der Waals surface area contributed by atoms with Crippen LogP contribution in [0.4, 0.5) is 0 Å². The molecule has 0 spiro atoms. The van der Waals surface area contributed by atoms with Gasteiger partial charge < -0.3 is 9.84 Å². The van der Waals surface area contributed by atoms with Crippen molar-refractivity contribution in [3.63, 3.8) is 0 Å². The molecule has 1 atom stereocenters. The second kappa shape index (κ2) is 50.8. The van der Waals surface area contributed by atoms with Crippen LogP contribution in [0.25, 0.3) is 0 Å². The van der Waals surface area contributed by atoms with Crippen molar-refractivity contribution in [2.45, 2.75) is 304 Å². The lowest BCUT2D eigenvalue weighted by molar-refractivity contribution is -0.147. The second-order valence-corrected chi connectivity index (χ2v) is 17.6. The van der Waals surface area contributed by atoms with Crippen LogP contribution in [-0.2, 0) is 19.1 Å². The molecule has 0 aromatic heterocycles. The predicted octanol–water partition coefficient (Wildman–Crippen LogP) is 17.6. The third-order valence-corrected chi connectivity index (χ3v) is 11.8. The Morgan fingerprint density at radius 2 is 0.614 bits per heavy atom. The minimum Gasteiger partial charge on any atom is -0.481 e. The summed E-state index contributed by atoms with van der Waals surface area (Å²) >= 11 is 0. The number of carboxylic acid groups (broad SMARTS) is 1. The predicted molar refractivity (Wildman–Crippen MR) is 248 cm³/mol. The highest BCUT2D eigenvalue weighted by Gasteiger charge is 2.24. The zero-order chi connectivity index (χ0) is 42.1. The van der Waals surface area contributed by atoms with Crippen LogP contribution in [0, 0.1) is 5.92 Å². The summed E-state index contributed by atoms with van der Waals surface area (Å²) in [7, 11) is 0. The molecule has 1 unspecified atom stereocenters. The van der Waals surface area contributed by atoms with Crippen molar-refractivity contribution >= 4 is 17.7 Å². The van der Waals surface area contributed by atoms with Gasteiger partial charge in [0.1, 0.15) is 11.7 Å². The Labute approximate surface area is 357 Å². The number of hydrogen-bond acceptors (Lipinski definition) is 4. The summed E-state index contributed by atoms with van der Waals surface area (Å²) in [5, 5.41) is 9.37. The van der Waals surface area contributed by atoms with Crippen molar-refractivity contribution < 1.29 is 24.2 Å². The molecule has 5 nitrogen and oxygen atoms in total. The molecule has 0 radical (unpaired) electrons. The molecular formula is C52H102O5. The lowest BCUT2D eigenvalue weighted by Crippen LogP contribution is -2.23. The molecule has 0 aromatic carbocycles. The van der Waals surface area contributed by atoms with Gasteiger partial charge in [-0.3, -0.25) is 14.4 Å². The summed E-state index contributed by atoms with van der Waals surface area (Å²) < 4.78 is 5.33. The van der Waals surface area contributed by atoms with E-state index in [1.165, 1.54) is 212 Å². The van der Waals surface area contributed by atoms with Crippen LogP contribution in [-0.4, -0.2) is 29.4 Å². The Balaban J connectivity index is 0. The quantitative estimate of drug-likeness (QED) is 0.0376. The van der Waals surface area contributed by atoms with Gasteiger partial charge in [0.2, 0.25) is 0 Å². The normalized spacial score (nSPS) is 11.6. The standard InChI is InChI=1S/C26H50O3.C26H52O2/c1-3-5-7-9-10-11-12-13-14-15-16-17-19-20-22-24(26(28)29)25(27)23-21-18-8-6-4-2;1-3-5-7-9-11-12-13-14-15-16-17-18-19-20-22-24-26(27)28-25-23-21-10-8-6-4-2/h24H,3-23H2,1-2H3,(H,28,29);3-25H2,1-2H3. The van der Waals surface area contributed by atoms with Crippen LogP contribution in [0.2, 0.25) is 0 Å². The molecule has 5 heteroatoms. The van der Waals surface area contributed by atoms with E-state index in [9.17, 15) is 19.5 Å². The van der Waals surface area contributed by atoms with Gasteiger partial charge in [0.05, 0.1) is 6.61 Å². The molecule has 0 heterocycles. The lowest BCUT2D eigenvalue weighted by Gasteiger charge is -2.11. The van der Waals surface area contributed by atoms with E-state index in [-0.39, 0.29) is 11.8 Å². The number of carbonyl (C=O) groups excluding carboxylic acids is 2. The average Bonchev–Trinajstić information content (AvgIpc) is 3.20. The highest BCUT2D eigenvalue weighted by molar-refractivity contribution is 5.98. The fourth-order valence-electron chi connectivity index (χ4n) is 7.82. The number of ketones is 1. The smallest absolute Gasteiger partial charge is 0.314 e. The molecule has 0 aliphatic heterocycles. The number of aliphatic carboxylic acids is 1. The molecule has 57 heavy (non-hydrogen) atoms. The van der Waals surface area contributed by atoms with Gasteiger partial charge >= 0.3 is 11.9 Å². The molecule has 0 fully saturated rings. The molecule has 0 rings (SSSR count). The first kappa shape index (κ1) is 57.7. The van der Waals surface area contributed by atoms with Crippen molar-refractivity contribution in [2.24, 2.45) is 5.92 Å². The first-order valence-corrected chi connectivity index (χ1v) is 25.8. The molecule has 0 bridgehead atoms. The first-order valence-electron chi connectivity index (χ1n) is 25.8. The molecule has 0 saturated heterocycles. The van der Waals surface area contributed by atoms with Gasteiger partial charge in [-0.2, -0.15) is 0 Å². The molecule has 0 aliphatic carbocycles. The van der Waals surface area contributed by atoms with E-state index in [4.69, 9.17) is 4.74 Å². The highest BCUT2D eigenvalue weighted by atomic mass is 16.5. The van der Waals surface area contributed by atoms with Crippen LogP contribution in [0.3, 0.4) is 0 Å². The molecule has 0 saturated carbocycles. The highest BCUT2D eigenvalue weighted by Crippen LogP contribution is 2.19. The fourth-order valence-corrected chi connectivity index (χ4v) is 7.82. The zero-order valence-electron chi connectivity index (χ0n) is 39.3. The monoisotopic (exact) mass is 807 g/mol. The van der Waals surface area contributed by atoms with Crippen molar-refractivity contribution in [3.8, 4) is 0 Å². The number of carboxylic acids is 1. The fraction of sp³-hybridized carbons (Fsp3) is 0.942. The summed E-state index contributed by atoms with van der Waals surface area (Å²) in [5.41, 5.74) is 0. The number of esters is 1. The molecule has 0 amide bonds. The van der Waals surface area contributed by atoms with Gasteiger partial charge in [-0.1, -0.05) is 265 Å². The summed E-state index contributed by atoms with van der Waals surface area (Å²) in [6, 6.07) is 0. The molecule has 0 aromatic rings. The number of unbranched alkanes of at least 4 members (excludes halogenated alkanes) is 36. The third kappa shape index (κ3) is 48.9.